The fraction of sp³-hybridized carbons (Fsp3) is 0.438. The minimum atomic E-state index is -0.0769. The largest absolute Gasteiger partial charge is 0.493 e. The third kappa shape index (κ3) is 15.1. The van der Waals surface area contributed by atoms with Gasteiger partial charge in [0.15, 0.2) is 46.0 Å². The van der Waals surface area contributed by atoms with Gasteiger partial charge < -0.3 is 67.1 Å². The van der Waals surface area contributed by atoms with Gasteiger partial charge in [0.2, 0.25) is 23.0 Å². The molecule has 0 spiro atoms. The van der Waals surface area contributed by atoms with Crippen molar-refractivity contribution in [1.29, 1.82) is 0 Å². The summed E-state index contributed by atoms with van der Waals surface area (Å²) in [6.07, 6.45) is 8.76. The maximum Gasteiger partial charge on any atom is 0.203 e. The highest BCUT2D eigenvalue weighted by Crippen LogP contribution is 2.42. The number of ether oxygens (including phenoxy) is 12. The normalized spacial score (nSPS) is 11.8. The predicted octanol–water partition coefficient (Wildman–Crippen LogP) is 10.7. The van der Waals surface area contributed by atoms with Gasteiger partial charge in [-0.05, 0) is 193 Å². The average molecular weight is 1080 g/mol. The van der Waals surface area contributed by atoms with E-state index in [0.717, 1.165) is 92.0 Å². The van der Waals surface area contributed by atoms with E-state index in [0.29, 0.717) is 81.8 Å². The van der Waals surface area contributed by atoms with Crippen LogP contribution in [0.4, 0.5) is 0 Å². The van der Waals surface area contributed by atoms with Crippen molar-refractivity contribution in [2.75, 3.05) is 98.5 Å². The molecule has 0 amide bonds. The van der Waals surface area contributed by atoms with E-state index in [4.69, 9.17) is 56.8 Å². The molecule has 2 atom stereocenters. The van der Waals surface area contributed by atoms with Gasteiger partial charge in [0.25, 0.3) is 0 Å². The molecular weight excluding hydrogens is 993 g/mol. The van der Waals surface area contributed by atoms with E-state index in [1.165, 1.54) is 27.8 Å². The molecule has 6 rings (SSSR count). The molecule has 0 aliphatic carbocycles. The minimum absolute atomic E-state index is 0.000610. The van der Waals surface area contributed by atoms with Gasteiger partial charge in [0.05, 0.1) is 85.3 Å². The predicted molar refractivity (Wildman–Crippen MR) is 305 cm³/mol. The molecule has 422 valence electrons. The average Bonchev–Trinajstić information content (AvgIpc) is 3.49. The molecule has 0 aliphatic heterocycles. The van der Waals surface area contributed by atoms with Crippen LogP contribution >= 0.6 is 0 Å². The number of aliphatic hydroxyl groups excluding tert-OH is 2. The van der Waals surface area contributed by atoms with Gasteiger partial charge in [-0.15, -0.1) is 0 Å². The van der Waals surface area contributed by atoms with Gasteiger partial charge in [0, 0.05) is 13.2 Å². The Bertz CT molecular complexity index is 2760. The summed E-state index contributed by atoms with van der Waals surface area (Å²) in [5.74, 6) is 7.15. The third-order valence-electron chi connectivity index (χ3n) is 14.8. The van der Waals surface area contributed by atoms with Gasteiger partial charge in [-0.2, -0.15) is 0 Å². The van der Waals surface area contributed by atoms with Crippen LogP contribution < -0.4 is 56.8 Å². The van der Waals surface area contributed by atoms with Gasteiger partial charge in [-0.25, -0.2) is 0 Å². The van der Waals surface area contributed by atoms with Crippen molar-refractivity contribution in [1.82, 2.24) is 0 Å². The molecule has 0 radical (unpaired) electrons. The number of hydrogen-bond acceptors (Lipinski definition) is 14. The van der Waals surface area contributed by atoms with E-state index < -0.39 is 0 Å². The lowest BCUT2D eigenvalue weighted by Gasteiger charge is -2.27. The van der Waals surface area contributed by atoms with Crippen LogP contribution in [-0.2, 0) is 64.2 Å². The van der Waals surface area contributed by atoms with Crippen molar-refractivity contribution in [3.63, 3.8) is 0 Å². The first-order valence-corrected chi connectivity index (χ1v) is 26.6. The highest BCUT2D eigenvalue weighted by Gasteiger charge is 2.24. The molecule has 14 heteroatoms. The molecule has 6 aromatic carbocycles. The Kier molecular flexibility index (Phi) is 23.2. The lowest BCUT2D eigenvalue weighted by atomic mass is 9.79. The lowest BCUT2D eigenvalue weighted by molar-refractivity contribution is 0.158. The maximum absolute atomic E-state index is 11.3. The first-order valence-electron chi connectivity index (χ1n) is 26.6. The Balaban J connectivity index is 1.32. The van der Waals surface area contributed by atoms with Crippen LogP contribution in [0.5, 0.6) is 69.0 Å². The number of methoxy groups -OCH3 is 12. The fourth-order valence-corrected chi connectivity index (χ4v) is 10.6. The summed E-state index contributed by atoms with van der Waals surface area (Å²) in [5.41, 5.74) is 11.5. The van der Waals surface area contributed by atoms with Gasteiger partial charge >= 0.3 is 0 Å². The summed E-state index contributed by atoms with van der Waals surface area (Å²) in [5, 5.41) is 21.5. The molecule has 78 heavy (non-hydrogen) atoms. The summed E-state index contributed by atoms with van der Waals surface area (Å²) in [6, 6.07) is 29.7. The zero-order chi connectivity index (χ0) is 56.1. The molecule has 0 aromatic heterocycles. The molecule has 0 saturated carbocycles. The number of aryl methyl sites for hydroxylation is 8. The first-order chi connectivity index (χ1) is 38.0. The molecule has 0 heterocycles. The van der Waals surface area contributed by atoms with E-state index in [1.807, 2.05) is 48.5 Å². The number of rotatable bonds is 33. The maximum atomic E-state index is 11.3. The van der Waals surface area contributed by atoms with Gasteiger partial charge in [-0.1, -0.05) is 36.4 Å². The SMILES string of the molecule is COc1cc(CCc2ccc(C[C@@H](CO)[C@H](CCCO)Cc3ccc(CCc4cc(OC)c(OC)c(OC)c4)c(CCc4cc(OC)c(OC)c(OC)c4)c3)cc2CCc2cc(OC)c(OC)c(OC)c2)cc(OC)c1OC. The highest BCUT2D eigenvalue weighted by atomic mass is 16.5. The second-order valence-corrected chi connectivity index (χ2v) is 19.3. The fourth-order valence-electron chi connectivity index (χ4n) is 10.6. The van der Waals surface area contributed by atoms with Crippen molar-refractivity contribution in [3.05, 3.63) is 141 Å². The molecule has 0 unspecified atom stereocenters. The molecular formula is C64H82O14. The Morgan fingerprint density at radius 2 is 0.564 bits per heavy atom. The first kappa shape index (κ1) is 60.1. The smallest absolute Gasteiger partial charge is 0.203 e. The molecule has 0 fully saturated rings. The standard InChI is InChI=1S/C64H82O14/c1-67-53-32-43(33-54(68-2)61(53)75-9)17-23-47-21-15-41(29-50(47)25-19-45-36-57(71-5)63(77-11)58(37-45)72-6)28-49(14-13-27-65)52(40-66)31-42-16-22-48(24-18-44-34-55(69-3)62(76-10)56(35-44)70-4)51(30-42)26-20-46-38-59(73-7)64(78-12)60(39-46)74-8/h15-16,21-22,29-30,32-39,49,52,65-66H,13-14,17-20,23-28,31,40H2,1-12H3/t49-,52+/m1/s1. The Hall–Kier alpha value is -7.16. The van der Waals surface area contributed by atoms with Crippen LogP contribution in [0.25, 0.3) is 0 Å². The van der Waals surface area contributed by atoms with Crippen LogP contribution in [0.1, 0.15) is 68.5 Å². The summed E-state index contributed by atoms with van der Waals surface area (Å²) in [4.78, 5) is 0. The van der Waals surface area contributed by atoms with Crippen molar-refractivity contribution in [3.8, 4) is 69.0 Å². The van der Waals surface area contributed by atoms with E-state index in [-0.39, 0.29) is 25.0 Å². The molecule has 0 aliphatic rings. The molecule has 0 bridgehead atoms. The molecule has 14 nitrogen and oxygen atoms in total. The van der Waals surface area contributed by atoms with Crippen LogP contribution in [0.15, 0.2) is 84.9 Å². The molecule has 0 saturated heterocycles. The van der Waals surface area contributed by atoms with Crippen molar-refractivity contribution in [2.24, 2.45) is 11.8 Å². The van der Waals surface area contributed by atoms with Gasteiger partial charge in [0.1, 0.15) is 0 Å². The Morgan fingerprint density at radius 1 is 0.295 bits per heavy atom. The van der Waals surface area contributed by atoms with Crippen molar-refractivity contribution >= 4 is 0 Å². The van der Waals surface area contributed by atoms with E-state index in [2.05, 4.69) is 36.4 Å². The highest BCUT2D eigenvalue weighted by molar-refractivity contribution is 5.57. The summed E-state index contributed by atoms with van der Waals surface area (Å²) in [7, 11) is 19.5. The van der Waals surface area contributed by atoms with E-state index in [9.17, 15) is 10.2 Å². The van der Waals surface area contributed by atoms with Gasteiger partial charge in [-0.3, -0.25) is 0 Å². The Morgan fingerprint density at radius 3 is 0.808 bits per heavy atom. The number of aliphatic hydroxyl groups is 2. The number of hydrogen-bond donors (Lipinski definition) is 2. The molecule has 2 N–H and O–H groups in total. The van der Waals surface area contributed by atoms with Crippen molar-refractivity contribution < 1.29 is 67.1 Å². The third-order valence-corrected chi connectivity index (χ3v) is 14.8. The van der Waals surface area contributed by atoms with Crippen LogP contribution in [0.3, 0.4) is 0 Å². The van der Waals surface area contributed by atoms with Crippen LogP contribution in [0, 0.1) is 11.8 Å². The summed E-state index contributed by atoms with van der Waals surface area (Å²) >= 11 is 0. The monoisotopic (exact) mass is 1070 g/mol. The summed E-state index contributed by atoms with van der Waals surface area (Å²) in [6.45, 7) is 0.0703. The quantitative estimate of drug-likeness (QED) is 0.0402. The zero-order valence-electron chi connectivity index (χ0n) is 47.9. The Labute approximate surface area is 462 Å². The van der Waals surface area contributed by atoms with E-state index in [1.54, 1.807) is 85.3 Å². The van der Waals surface area contributed by atoms with Crippen LogP contribution in [-0.4, -0.2) is 109 Å². The summed E-state index contributed by atoms with van der Waals surface area (Å²) < 4.78 is 68.2. The second-order valence-electron chi connectivity index (χ2n) is 19.3. The van der Waals surface area contributed by atoms with Crippen LogP contribution in [0.2, 0.25) is 0 Å². The zero-order valence-corrected chi connectivity index (χ0v) is 47.9. The second kappa shape index (κ2) is 30.1. The minimum Gasteiger partial charge on any atom is -0.493 e. The molecule has 6 aromatic rings. The topological polar surface area (TPSA) is 151 Å². The lowest BCUT2D eigenvalue weighted by Crippen LogP contribution is -2.24. The number of benzene rings is 6. The van der Waals surface area contributed by atoms with Crippen molar-refractivity contribution in [2.45, 2.75) is 77.0 Å². The van der Waals surface area contributed by atoms with E-state index >= 15 is 0 Å².